The fraction of sp³-hybridized carbons (Fsp3) is 0.269. The fourth-order valence-corrected chi connectivity index (χ4v) is 4.24. The third kappa shape index (κ3) is 5.39. The second kappa shape index (κ2) is 9.59. The predicted molar refractivity (Wildman–Crippen MR) is 135 cm³/mol. The Kier molecular flexibility index (Phi) is 6.63. The highest BCUT2D eigenvalue weighted by Crippen LogP contribution is 2.21. The number of rotatable bonds is 8. The van der Waals surface area contributed by atoms with Gasteiger partial charge in [0.1, 0.15) is 12.2 Å². The average Bonchev–Trinajstić information content (AvgIpc) is 3.10. The standard InChI is InChI=1S/C26H30N4OSi/c1-20-17-23-26(30(20)19-31-15-16-32(2,3)4)27-18-24(28-23)29-25(21-11-7-5-8-12-21)22-13-9-6-10-14-22/h5-14,17-18H,15-16,19H2,1-4H3. The summed E-state index contributed by atoms with van der Waals surface area (Å²) < 4.78 is 8.03. The number of hydrogen-bond acceptors (Lipinski definition) is 4. The number of aromatic nitrogens is 3. The zero-order valence-electron chi connectivity index (χ0n) is 19.2. The van der Waals surface area contributed by atoms with Crippen LogP contribution in [0.5, 0.6) is 0 Å². The summed E-state index contributed by atoms with van der Waals surface area (Å²) in [5.74, 6) is 0.594. The van der Waals surface area contributed by atoms with Crippen molar-refractivity contribution in [3.8, 4) is 0 Å². The lowest BCUT2D eigenvalue weighted by Gasteiger charge is -2.16. The first-order chi connectivity index (χ1) is 15.4. The van der Waals surface area contributed by atoms with Crippen molar-refractivity contribution in [2.45, 2.75) is 39.3 Å². The maximum atomic E-state index is 5.96. The van der Waals surface area contributed by atoms with Gasteiger partial charge in [-0.15, -0.1) is 0 Å². The zero-order chi connectivity index (χ0) is 22.6. The summed E-state index contributed by atoms with van der Waals surface area (Å²) in [4.78, 5) is 14.4. The van der Waals surface area contributed by atoms with Crippen molar-refractivity contribution in [2.75, 3.05) is 6.61 Å². The van der Waals surface area contributed by atoms with Gasteiger partial charge in [-0.05, 0) is 19.0 Å². The van der Waals surface area contributed by atoms with Gasteiger partial charge in [0, 0.05) is 31.5 Å². The first-order valence-corrected chi connectivity index (χ1v) is 14.7. The van der Waals surface area contributed by atoms with Gasteiger partial charge in [-0.3, -0.25) is 0 Å². The van der Waals surface area contributed by atoms with Crippen LogP contribution >= 0.6 is 0 Å². The minimum atomic E-state index is -1.10. The van der Waals surface area contributed by atoms with Gasteiger partial charge in [0.2, 0.25) is 0 Å². The molecule has 4 rings (SSSR count). The molecule has 2 heterocycles. The Morgan fingerprint density at radius 2 is 1.59 bits per heavy atom. The van der Waals surface area contributed by atoms with Crippen LogP contribution in [0.2, 0.25) is 25.7 Å². The molecule has 32 heavy (non-hydrogen) atoms. The third-order valence-corrected chi connectivity index (χ3v) is 7.04. The number of aliphatic imine (C=N–C) groups is 1. The van der Waals surface area contributed by atoms with Gasteiger partial charge in [-0.1, -0.05) is 80.3 Å². The SMILES string of the molecule is Cc1cc2nc(N=C(c3ccccc3)c3ccccc3)cnc2n1COCC[Si](C)(C)C. The van der Waals surface area contributed by atoms with E-state index in [9.17, 15) is 0 Å². The summed E-state index contributed by atoms with van der Waals surface area (Å²) in [5.41, 5.74) is 5.72. The molecule has 2 aromatic heterocycles. The lowest BCUT2D eigenvalue weighted by molar-refractivity contribution is 0.0886. The highest BCUT2D eigenvalue weighted by Gasteiger charge is 2.14. The van der Waals surface area contributed by atoms with Crippen molar-refractivity contribution in [3.05, 3.63) is 89.7 Å². The molecule has 0 fully saturated rings. The zero-order valence-corrected chi connectivity index (χ0v) is 20.2. The molecule has 0 saturated heterocycles. The molecule has 0 spiro atoms. The molecule has 0 radical (unpaired) electrons. The Morgan fingerprint density at radius 1 is 0.969 bits per heavy atom. The third-order valence-electron chi connectivity index (χ3n) is 5.33. The van der Waals surface area contributed by atoms with Gasteiger partial charge in [-0.2, -0.15) is 0 Å². The van der Waals surface area contributed by atoms with E-state index in [1.165, 1.54) is 0 Å². The summed E-state index contributed by atoms with van der Waals surface area (Å²) >= 11 is 0. The quantitative estimate of drug-likeness (QED) is 0.185. The highest BCUT2D eigenvalue weighted by molar-refractivity contribution is 6.76. The van der Waals surface area contributed by atoms with Crippen molar-refractivity contribution in [3.63, 3.8) is 0 Å². The first-order valence-electron chi connectivity index (χ1n) is 11.0. The summed E-state index contributed by atoms with van der Waals surface area (Å²) in [6.07, 6.45) is 1.74. The maximum Gasteiger partial charge on any atom is 0.171 e. The fourth-order valence-electron chi connectivity index (χ4n) is 3.49. The summed E-state index contributed by atoms with van der Waals surface area (Å²) in [5, 5.41) is 0. The number of fused-ring (bicyclic) bond motifs is 1. The van der Waals surface area contributed by atoms with E-state index < -0.39 is 8.07 Å². The lowest BCUT2D eigenvalue weighted by Crippen LogP contribution is -2.22. The molecular formula is C26H30N4OSi. The van der Waals surface area contributed by atoms with Gasteiger partial charge in [0.15, 0.2) is 11.5 Å². The minimum absolute atomic E-state index is 0.496. The normalized spacial score (nSPS) is 11.6. The topological polar surface area (TPSA) is 52.3 Å². The number of hydrogen-bond donors (Lipinski definition) is 0. The molecule has 0 unspecified atom stereocenters. The van der Waals surface area contributed by atoms with Crippen LogP contribution in [0.4, 0.5) is 5.82 Å². The van der Waals surface area contributed by atoms with E-state index in [-0.39, 0.29) is 0 Å². The average molecular weight is 443 g/mol. The molecule has 4 aromatic rings. The van der Waals surface area contributed by atoms with E-state index in [2.05, 4.69) is 55.4 Å². The van der Waals surface area contributed by atoms with Crippen LogP contribution in [0.1, 0.15) is 16.8 Å². The first kappa shape index (κ1) is 22.1. The molecule has 0 bridgehead atoms. The molecule has 0 amide bonds. The van der Waals surface area contributed by atoms with Crippen LogP contribution in [0.15, 0.2) is 77.9 Å². The van der Waals surface area contributed by atoms with E-state index in [1.807, 2.05) is 42.5 Å². The van der Waals surface area contributed by atoms with E-state index in [1.54, 1.807) is 6.20 Å². The molecule has 0 saturated carbocycles. The smallest absolute Gasteiger partial charge is 0.171 e. The highest BCUT2D eigenvalue weighted by atomic mass is 28.3. The van der Waals surface area contributed by atoms with E-state index >= 15 is 0 Å². The van der Waals surface area contributed by atoms with E-state index in [0.717, 1.165) is 46.3 Å². The molecular weight excluding hydrogens is 412 g/mol. The second-order valence-electron chi connectivity index (χ2n) is 9.19. The monoisotopic (exact) mass is 442 g/mol. The molecule has 0 aliphatic heterocycles. The largest absolute Gasteiger partial charge is 0.361 e. The summed E-state index contributed by atoms with van der Waals surface area (Å²) in [6.45, 7) is 10.4. The van der Waals surface area contributed by atoms with Crippen LogP contribution < -0.4 is 0 Å². The van der Waals surface area contributed by atoms with Crippen molar-refractivity contribution >= 4 is 30.8 Å². The minimum Gasteiger partial charge on any atom is -0.361 e. The predicted octanol–water partition coefficient (Wildman–Crippen LogP) is 6.22. The molecule has 164 valence electrons. The van der Waals surface area contributed by atoms with Crippen molar-refractivity contribution in [1.82, 2.24) is 14.5 Å². The Balaban J connectivity index is 1.64. The molecule has 0 N–H and O–H groups in total. The van der Waals surface area contributed by atoms with Crippen LogP contribution in [0, 0.1) is 6.92 Å². The van der Waals surface area contributed by atoms with Crippen molar-refractivity contribution in [1.29, 1.82) is 0 Å². The summed E-state index contributed by atoms with van der Waals surface area (Å²) in [6, 6.07) is 23.6. The number of ether oxygens (including phenoxy) is 1. The maximum absolute atomic E-state index is 5.96. The van der Waals surface area contributed by atoms with Crippen LogP contribution in [0.25, 0.3) is 11.2 Å². The number of aryl methyl sites for hydroxylation is 1. The van der Waals surface area contributed by atoms with E-state index in [0.29, 0.717) is 12.5 Å². The van der Waals surface area contributed by atoms with Gasteiger partial charge < -0.3 is 9.30 Å². The van der Waals surface area contributed by atoms with Gasteiger partial charge in [0.05, 0.1) is 11.9 Å². The Hall–Kier alpha value is -3.09. The van der Waals surface area contributed by atoms with Gasteiger partial charge >= 0.3 is 0 Å². The molecule has 2 aromatic carbocycles. The lowest BCUT2D eigenvalue weighted by atomic mass is 10.0. The number of nitrogens with zero attached hydrogens (tertiary/aromatic N) is 4. The molecule has 0 aliphatic rings. The molecule has 6 heteroatoms. The molecule has 5 nitrogen and oxygen atoms in total. The van der Waals surface area contributed by atoms with Crippen molar-refractivity contribution in [2.24, 2.45) is 4.99 Å². The second-order valence-corrected chi connectivity index (χ2v) is 14.8. The molecule has 0 aliphatic carbocycles. The molecule has 0 atom stereocenters. The van der Waals surface area contributed by atoms with Gasteiger partial charge in [0.25, 0.3) is 0 Å². The summed E-state index contributed by atoms with van der Waals surface area (Å²) in [7, 11) is -1.10. The Morgan fingerprint density at radius 3 is 2.19 bits per heavy atom. The number of benzene rings is 2. The van der Waals surface area contributed by atoms with Crippen molar-refractivity contribution < 1.29 is 4.74 Å². The van der Waals surface area contributed by atoms with Gasteiger partial charge in [-0.25, -0.2) is 15.0 Å². The Bertz CT molecular complexity index is 1170. The van der Waals surface area contributed by atoms with Crippen LogP contribution in [-0.2, 0) is 11.5 Å². The van der Waals surface area contributed by atoms with E-state index in [4.69, 9.17) is 19.7 Å². The van der Waals surface area contributed by atoms with Crippen LogP contribution in [0.3, 0.4) is 0 Å². The van der Waals surface area contributed by atoms with Crippen LogP contribution in [-0.4, -0.2) is 34.9 Å². The Labute approximate surface area is 190 Å².